The summed E-state index contributed by atoms with van der Waals surface area (Å²) in [5.41, 5.74) is 2.83. The number of halogens is 3. The average Bonchev–Trinajstić information content (AvgIpc) is 2.78. The SMILES string of the molecule is C[C@H](Cc1ccc(OCc2ncncc2NS(C)(=O)=O)cc1)c1cc(Cl)c(OCCCl)c(Cl)c1. The number of rotatable bonds is 11. The second-order valence-corrected chi connectivity index (χ2v) is 10.6. The molecule has 0 aliphatic carbocycles. The van der Waals surface area contributed by atoms with E-state index in [0.717, 1.165) is 23.8 Å². The molecule has 1 heterocycles. The Morgan fingerprint density at radius 2 is 1.76 bits per heavy atom. The lowest BCUT2D eigenvalue weighted by Gasteiger charge is -2.16. The van der Waals surface area contributed by atoms with Crippen LogP contribution in [0.25, 0.3) is 0 Å². The standard InChI is InChI=1S/C23H24Cl3N3O4S/c1-15(17-10-19(25)23(20(26)11-17)32-8-7-24)9-16-3-5-18(6-4-16)33-13-22-21(12-27-14-28-22)29-34(2,30)31/h3-6,10-12,14-15,29H,7-9,13H2,1-2H3/t15-/m1/s1. The number of anilines is 1. The summed E-state index contributed by atoms with van der Waals surface area (Å²) in [4.78, 5) is 7.96. The molecule has 2 aromatic carbocycles. The minimum absolute atomic E-state index is 0.0886. The van der Waals surface area contributed by atoms with E-state index in [9.17, 15) is 8.42 Å². The van der Waals surface area contributed by atoms with Crippen LogP contribution in [0.2, 0.25) is 10.0 Å². The molecule has 0 amide bonds. The van der Waals surface area contributed by atoms with Crippen LogP contribution in [0.5, 0.6) is 11.5 Å². The van der Waals surface area contributed by atoms with Crippen molar-refractivity contribution in [1.29, 1.82) is 0 Å². The Kier molecular flexibility index (Phi) is 9.24. The van der Waals surface area contributed by atoms with Gasteiger partial charge in [0.2, 0.25) is 10.0 Å². The molecular formula is C23H24Cl3N3O4S. The van der Waals surface area contributed by atoms with Crippen LogP contribution in [0.1, 0.15) is 29.7 Å². The van der Waals surface area contributed by atoms with E-state index in [1.165, 1.54) is 12.5 Å². The van der Waals surface area contributed by atoms with Crippen LogP contribution in [-0.2, 0) is 23.1 Å². The van der Waals surface area contributed by atoms with Crippen molar-refractivity contribution in [2.24, 2.45) is 0 Å². The molecule has 11 heteroatoms. The lowest BCUT2D eigenvalue weighted by atomic mass is 9.93. The number of nitrogens with zero attached hydrogens (tertiary/aromatic N) is 2. The summed E-state index contributed by atoms with van der Waals surface area (Å²) >= 11 is 18.4. The maximum absolute atomic E-state index is 11.5. The number of hydrogen-bond donors (Lipinski definition) is 1. The van der Waals surface area contributed by atoms with Crippen molar-refractivity contribution >= 4 is 50.5 Å². The molecule has 0 spiro atoms. The van der Waals surface area contributed by atoms with E-state index < -0.39 is 10.0 Å². The van der Waals surface area contributed by atoms with Gasteiger partial charge in [-0.3, -0.25) is 4.72 Å². The Labute approximate surface area is 214 Å². The molecule has 0 unspecified atom stereocenters. The molecular weight excluding hydrogens is 521 g/mol. The Hall–Kier alpha value is -2.26. The van der Waals surface area contributed by atoms with Crippen molar-refractivity contribution in [2.45, 2.75) is 25.9 Å². The van der Waals surface area contributed by atoms with Gasteiger partial charge in [0.05, 0.1) is 34.1 Å². The third-order valence-corrected chi connectivity index (χ3v) is 6.15. The maximum Gasteiger partial charge on any atom is 0.229 e. The van der Waals surface area contributed by atoms with E-state index in [0.29, 0.717) is 39.7 Å². The van der Waals surface area contributed by atoms with Gasteiger partial charge in [-0.25, -0.2) is 18.4 Å². The topological polar surface area (TPSA) is 90.4 Å². The van der Waals surface area contributed by atoms with E-state index >= 15 is 0 Å². The highest BCUT2D eigenvalue weighted by atomic mass is 35.5. The zero-order valence-corrected chi connectivity index (χ0v) is 21.7. The van der Waals surface area contributed by atoms with Crippen LogP contribution in [0.15, 0.2) is 48.9 Å². The van der Waals surface area contributed by atoms with Gasteiger partial charge >= 0.3 is 0 Å². The second kappa shape index (κ2) is 11.9. The first kappa shape index (κ1) is 26.3. The summed E-state index contributed by atoms with van der Waals surface area (Å²) in [6.45, 7) is 2.51. The normalized spacial score (nSPS) is 12.3. The van der Waals surface area contributed by atoms with Gasteiger partial charge < -0.3 is 9.47 Å². The third-order valence-electron chi connectivity index (χ3n) is 4.84. The molecule has 34 heavy (non-hydrogen) atoms. The van der Waals surface area contributed by atoms with Crippen molar-refractivity contribution in [1.82, 2.24) is 9.97 Å². The lowest BCUT2D eigenvalue weighted by Crippen LogP contribution is -2.13. The number of nitrogens with one attached hydrogen (secondary N) is 1. The van der Waals surface area contributed by atoms with E-state index in [4.69, 9.17) is 44.3 Å². The van der Waals surface area contributed by atoms with Gasteiger partial charge in [-0.2, -0.15) is 0 Å². The zero-order valence-electron chi connectivity index (χ0n) is 18.6. The molecule has 0 bridgehead atoms. The van der Waals surface area contributed by atoms with Gasteiger partial charge in [0.25, 0.3) is 0 Å². The molecule has 3 rings (SSSR count). The molecule has 0 radical (unpaired) electrons. The first-order valence-electron chi connectivity index (χ1n) is 10.3. The van der Waals surface area contributed by atoms with Crippen molar-refractivity contribution in [3.05, 3.63) is 75.8 Å². The smallest absolute Gasteiger partial charge is 0.229 e. The molecule has 0 saturated heterocycles. The van der Waals surface area contributed by atoms with Crippen molar-refractivity contribution in [2.75, 3.05) is 23.5 Å². The summed E-state index contributed by atoms with van der Waals surface area (Å²) in [6.07, 6.45) is 4.57. The van der Waals surface area contributed by atoms with Gasteiger partial charge in [0.15, 0.2) is 5.75 Å². The van der Waals surface area contributed by atoms with Crippen molar-refractivity contribution in [3.8, 4) is 11.5 Å². The summed E-state index contributed by atoms with van der Waals surface area (Å²) < 4.78 is 36.7. The number of benzene rings is 2. The number of hydrogen-bond acceptors (Lipinski definition) is 6. The lowest BCUT2D eigenvalue weighted by molar-refractivity contribution is 0.302. The van der Waals surface area contributed by atoms with Crippen LogP contribution >= 0.6 is 34.8 Å². The van der Waals surface area contributed by atoms with E-state index in [2.05, 4.69) is 21.6 Å². The highest BCUT2D eigenvalue weighted by Crippen LogP contribution is 2.37. The summed E-state index contributed by atoms with van der Waals surface area (Å²) in [5, 5.41) is 0.912. The molecule has 0 aliphatic heterocycles. The fourth-order valence-corrected chi connectivity index (χ4v) is 4.50. The molecule has 7 nitrogen and oxygen atoms in total. The number of aromatic nitrogens is 2. The molecule has 1 N–H and O–H groups in total. The van der Waals surface area contributed by atoms with Crippen LogP contribution in [-0.4, -0.2) is 37.1 Å². The largest absolute Gasteiger partial charge is 0.489 e. The highest BCUT2D eigenvalue weighted by molar-refractivity contribution is 7.92. The zero-order chi connectivity index (χ0) is 24.7. The third kappa shape index (κ3) is 7.63. The Morgan fingerprint density at radius 1 is 1.09 bits per heavy atom. The fourth-order valence-electron chi connectivity index (χ4n) is 3.24. The first-order chi connectivity index (χ1) is 16.2. The van der Waals surface area contributed by atoms with Crippen molar-refractivity contribution < 1.29 is 17.9 Å². The Bertz CT molecular complexity index is 1200. The van der Waals surface area contributed by atoms with Crippen LogP contribution in [0.4, 0.5) is 5.69 Å². The molecule has 0 saturated carbocycles. The predicted molar refractivity (Wildman–Crippen MR) is 136 cm³/mol. The van der Waals surface area contributed by atoms with Crippen LogP contribution in [0.3, 0.4) is 0 Å². The quantitative estimate of drug-likeness (QED) is 0.312. The number of ether oxygens (including phenoxy) is 2. The average molecular weight is 545 g/mol. The van der Waals surface area contributed by atoms with E-state index in [1.807, 2.05) is 36.4 Å². The highest BCUT2D eigenvalue weighted by Gasteiger charge is 2.15. The maximum atomic E-state index is 11.5. The van der Waals surface area contributed by atoms with Gasteiger partial charge in [0.1, 0.15) is 31.0 Å². The minimum Gasteiger partial charge on any atom is -0.489 e. The monoisotopic (exact) mass is 543 g/mol. The van der Waals surface area contributed by atoms with Crippen LogP contribution < -0.4 is 14.2 Å². The van der Waals surface area contributed by atoms with Gasteiger partial charge in [0, 0.05) is 0 Å². The first-order valence-corrected chi connectivity index (χ1v) is 13.5. The molecule has 182 valence electrons. The molecule has 0 fully saturated rings. The summed E-state index contributed by atoms with van der Waals surface area (Å²) in [6, 6.07) is 11.4. The number of alkyl halides is 1. The predicted octanol–water partition coefficient (Wildman–Crippen LogP) is 5.70. The molecule has 1 aromatic heterocycles. The Balaban J connectivity index is 1.62. The van der Waals surface area contributed by atoms with E-state index in [1.54, 1.807) is 0 Å². The minimum atomic E-state index is -3.45. The molecule has 3 aromatic rings. The van der Waals surface area contributed by atoms with Crippen molar-refractivity contribution in [3.63, 3.8) is 0 Å². The van der Waals surface area contributed by atoms with Crippen LogP contribution in [0, 0.1) is 0 Å². The molecule has 0 aliphatic rings. The van der Waals surface area contributed by atoms with Gasteiger partial charge in [-0.1, -0.05) is 42.3 Å². The fraction of sp³-hybridized carbons (Fsp3) is 0.304. The summed E-state index contributed by atoms with van der Waals surface area (Å²) in [5.74, 6) is 1.59. The summed E-state index contributed by atoms with van der Waals surface area (Å²) in [7, 11) is -3.45. The second-order valence-electron chi connectivity index (χ2n) is 7.65. The Morgan fingerprint density at radius 3 is 2.38 bits per heavy atom. The van der Waals surface area contributed by atoms with Gasteiger partial charge in [-0.15, -0.1) is 11.6 Å². The number of sulfonamides is 1. The van der Waals surface area contributed by atoms with E-state index in [-0.39, 0.29) is 18.2 Å². The molecule has 1 atom stereocenters. The van der Waals surface area contributed by atoms with Gasteiger partial charge in [-0.05, 0) is 47.7 Å².